The molecule has 6 nitrogen and oxygen atoms in total. The van der Waals surface area contributed by atoms with Gasteiger partial charge in [-0.25, -0.2) is 0 Å². The van der Waals surface area contributed by atoms with E-state index in [1.54, 1.807) is 0 Å². The molecule has 0 aliphatic carbocycles. The molecule has 1 aliphatic heterocycles. The minimum atomic E-state index is -0.205. The number of hydrogen-bond acceptors (Lipinski definition) is 4. The standard InChI is InChI=1S/C6H6N4O2/c11-6-4-3-5(9-12)8-10(4)2-1-7-6/h3H,1-2H2,(H,7,11). The largest absolute Gasteiger partial charge is 0.349 e. The lowest BCUT2D eigenvalue weighted by atomic mass is 10.3. The van der Waals surface area contributed by atoms with Gasteiger partial charge in [0.25, 0.3) is 5.91 Å². The maximum Gasteiger partial charge on any atom is 0.269 e. The SMILES string of the molecule is O=Nc1cc2n(n1)CCNC2=O. The fourth-order valence-electron chi connectivity index (χ4n) is 1.17. The highest BCUT2D eigenvalue weighted by Crippen LogP contribution is 2.13. The first-order valence-corrected chi connectivity index (χ1v) is 3.50. The molecule has 0 bridgehead atoms. The summed E-state index contributed by atoms with van der Waals surface area (Å²) in [5, 5.41) is 9.08. The molecule has 1 aliphatic rings. The van der Waals surface area contributed by atoms with Crippen LogP contribution in [0.15, 0.2) is 11.2 Å². The van der Waals surface area contributed by atoms with Gasteiger partial charge in [0.1, 0.15) is 5.69 Å². The number of rotatable bonds is 1. The summed E-state index contributed by atoms with van der Waals surface area (Å²) in [6, 6.07) is 1.38. The second-order valence-electron chi connectivity index (χ2n) is 2.46. The van der Waals surface area contributed by atoms with Crippen molar-refractivity contribution in [3.05, 3.63) is 16.7 Å². The molecule has 0 spiro atoms. The van der Waals surface area contributed by atoms with Gasteiger partial charge in [-0.2, -0.15) is 0 Å². The van der Waals surface area contributed by atoms with Crippen LogP contribution in [0, 0.1) is 4.91 Å². The summed E-state index contributed by atoms with van der Waals surface area (Å²) in [4.78, 5) is 21.2. The molecule has 12 heavy (non-hydrogen) atoms. The van der Waals surface area contributed by atoms with Gasteiger partial charge in [0.05, 0.1) is 6.54 Å². The highest BCUT2D eigenvalue weighted by atomic mass is 16.3. The summed E-state index contributed by atoms with van der Waals surface area (Å²) in [6.45, 7) is 1.14. The molecule has 1 aromatic heterocycles. The topological polar surface area (TPSA) is 76.3 Å². The lowest BCUT2D eigenvalue weighted by Crippen LogP contribution is -2.35. The van der Waals surface area contributed by atoms with Gasteiger partial charge in [-0.1, -0.05) is 0 Å². The van der Waals surface area contributed by atoms with Crippen molar-refractivity contribution in [1.82, 2.24) is 15.1 Å². The van der Waals surface area contributed by atoms with Gasteiger partial charge >= 0.3 is 0 Å². The summed E-state index contributed by atoms with van der Waals surface area (Å²) in [5.74, 6) is -0.147. The molecule has 2 heterocycles. The molecule has 1 N–H and O–H groups in total. The van der Waals surface area contributed by atoms with Crippen molar-refractivity contribution in [2.75, 3.05) is 6.54 Å². The summed E-state index contributed by atoms with van der Waals surface area (Å²) in [7, 11) is 0. The van der Waals surface area contributed by atoms with Gasteiger partial charge in [-0.05, 0) is 5.18 Å². The number of carbonyl (C=O) groups excluding carboxylic acids is 1. The van der Waals surface area contributed by atoms with Crippen molar-refractivity contribution in [2.24, 2.45) is 5.18 Å². The Bertz CT molecular complexity index is 343. The Hall–Kier alpha value is -1.72. The molecule has 0 saturated heterocycles. The van der Waals surface area contributed by atoms with Crippen LogP contribution in [-0.4, -0.2) is 22.2 Å². The van der Waals surface area contributed by atoms with E-state index >= 15 is 0 Å². The van der Waals surface area contributed by atoms with Crippen LogP contribution in [0.5, 0.6) is 0 Å². The first kappa shape index (κ1) is 6.96. The van der Waals surface area contributed by atoms with Gasteiger partial charge in [0.15, 0.2) is 0 Å². The van der Waals surface area contributed by atoms with E-state index in [0.29, 0.717) is 18.8 Å². The van der Waals surface area contributed by atoms with Crippen molar-refractivity contribution in [2.45, 2.75) is 6.54 Å². The van der Waals surface area contributed by atoms with E-state index in [0.717, 1.165) is 0 Å². The molecule has 0 unspecified atom stereocenters. The smallest absolute Gasteiger partial charge is 0.269 e. The van der Waals surface area contributed by atoms with Gasteiger partial charge < -0.3 is 5.32 Å². The van der Waals surface area contributed by atoms with Crippen LogP contribution in [0.25, 0.3) is 0 Å². The zero-order valence-electron chi connectivity index (χ0n) is 6.15. The molecule has 62 valence electrons. The third-order valence-electron chi connectivity index (χ3n) is 1.70. The molecule has 0 saturated carbocycles. The highest BCUT2D eigenvalue weighted by Gasteiger charge is 2.18. The predicted molar refractivity (Wildman–Crippen MR) is 40.0 cm³/mol. The monoisotopic (exact) mass is 166 g/mol. The number of fused-ring (bicyclic) bond motifs is 1. The van der Waals surface area contributed by atoms with Crippen molar-refractivity contribution < 1.29 is 4.79 Å². The van der Waals surface area contributed by atoms with E-state index in [9.17, 15) is 9.70 Å². The van der Waals surface area contributed by atoms with E-state index in [1.165, 1.54) is 10.7 Å². The molecule has 0 atom stereocenters. The molecule has 6 heteroatoms. The Morgan fingerprint density at radius 3 is 3.17 bits per heavy atom. The van der Waals surface area contributed by atoms with Crippen LogP contribution in [0.2, 0.25) is 0 Å². The summed E-state index contributed by atoms with van der Waals surface area (Å²) >= 11 is 0. The average molecular weight is 166 g/mol. The number of nitrogens with zero attached hydrogens (tertiary/aromatic N) is 3. The van der Waals surface area contributed by atoms with E-state index in [2.05, 4.69) is 15.6 Å². The van der Waals surface area contributed by atoms with Crippen molar-refractivity contribution in [1.29, 1.82) is 0 Å². The lowest BCUT2D eigenvalue weighted by molar-refractivity contribution is 0.0924. The Balaban J connectivity index is 2.50. The Kier molecular flexibility index (Phi) is 1.39. The third-order valence-corrected chi connectivity index (χ3v) is 1.70. The van der Waals surface area contributed by atoms with E-state index in [1.807, 2.05) is 0 Å². The summed E-state index contributed by atoms with van der Waals surface area (Å²) in [6.07, 6.45) is 0. The highest BCUT2D eigenvalue weighted by molar-refractivity contribution is 5.93. The zero-order valence-corrected chi connectivity index (χ0v) is 6.15. The van der Waals surface area contributed by atoms with Crippen LogP contribution in [-0.2, 0) is 6.54 Å². The molecular weight excluding hydrogens is 160 g/mol. The normalized spacial score (nSPS) is 15.2. The van der Waals surface area contributed by atoms with Crippen LogP contribution < -0.4 is 5.32 Å². The first-order valence-electron chi connectivity index (χ1n) is 3.50. The van der Waals surface area contributed by atoms with Crippen LogP contribution in [0.1, 0.15) is 10.5 Å². The van der Waals surface area contributed by atoms with E-state index < -0.39 is 0 Å². The Morgan fingerprint density at radius 1 is 1.67 bits per heavy atom. The Labute approximate surface area is 67.5 Å². The number of nitrogens with one attached hydrogen (secondary N) is 1. The summed E-state index contributed by atoms with van der Waals surface area (Å²) in [5.41, 5.74) is 0.399. The van der Waals surface area contributed by atoms with Crippen molar-refractivity contribution in [3.63, 3.8) is 0 Å². The van der Waals surface area contributed by atoms with Crippen LogP contribution in [0.3, 0.4) is 0 Å². The van der Waals surface area contributed by atoms with Crippen LogP contribution >= 0.6 is 0 Å². The number of nitroso groups, excluding NO2 is 1. The maximum absolute atomic E-state index is 11.1. The van der Waals surface area contributed by atoms with Gasteiger partial charge in [-0.15, -0.1) is 10.0 Å². The number of hydrogen-bond donors (Lipinski definition) is 1. The minimum Gasteiger partial charge on any atom is -0.349 e. The molecule has 2 rings (SSSR count). The van der Waals surface area contributed by atoms with Gasteiger partial charge in [0.2, 0.25) is 5.82 Å². The predicted octanol–water partition coefficient (Wildman–Crippen LogP) is 0.0244. The van der Waals surface area contributed by atoms with Gasteiger partial charge in [-0.3, -0.25) is 9.48 Å². The molecule has 1 aromatic rings. The average Bonchev–Trinajstić information content (AvgIpc) is 2.49. The third kappa shape index (κ3) is 0.884. The Morgan fingerprint density at radius 2 is 2.50 bits per heavy atom. The fourth-order valence-corrected chi connectivity index (χ4v) is 1.17. The second kappa shape index (κ2) is 2.40. The minimum absolute atomic E-state index is 0.0575. The maximum atomic E-state index is 11.1. The molecule has 0 radical (unpaired) electrons. The quantitative estimate of drug-likeness (QED) is 0.597. The van der Waals surface area contributed by atoms with Gasteiger partial charge in [0, 0.05) is 12.6 Å². The first-order chi connectivity index (χ1) is 5.81. The molecule has 0 fully saturated rings. The number of carbonyl (C=O) groups is 1. The lowest BCUT2D eigenvalue weighted by Gasteiger charge is -2.12. The number of amides is 1. The van der Waals surface area contributed by atoms with E-state index in [4.69, 9.17) is 0 Å². The summed E-state index contributed by atoms with van der Waals surface area (Å²) < 4.78 is 1.48. The molecular formula is C6H6N4O2. The van der Waals surface area contributed by atoms with Crippen LogP contribution in [0.4, 0.5) is 5.82 Å². The molecule has 0 aromatic carbocycles. The zero-order chi connectivity index (χ0) is 8.55. The second-order valence-corrected chi connectivity index (χ2v) is 2.46. The van der Waals surface area contributed by atoms with Crippen molar-refractivity contribution in [3.8, 4) is 0 Å². The van der Waals surface area contributed by atoms with E-state index in [-0.39, 0.29) is 11.7 Å². The number of aromatic nitrogens is 2. The van der Waals surface area contributed by atoms with Crippen molar-refractivity contribution >= 4 is 11.7 Å². The molecule has 1 amide bonds. The fraction of sp³-hybridized carbons (Fsp3) is 0.333.